The summed E-state index contributed by atoms with van der Waals surface area (Å²) in [4.78, 5) is 2.46. The molecular formula is C17H27BrN2. The van der Waals surface area contributed by atoms with Gasteiger partial charge in [-0.1, -0.05) is 41.9 Å². The highest BCUT2D eigenvalue weighted by Crippen LogP contribution is 2.32. The van der Waals surface area contributed by atoms with Gasteiger partial charge in [-0.15, -0.1) is 0 Å². The highest BCUT2D eigenvalue weighted by molar-refractivity contribution is 9.10. The molecule has 0 radical (unpaired) electrons. The lowest BCUT2D eigenvalue weighted by molar-refractivity contribution is 0.111. The van der Waals surface area contributed by atoms with Crippen molar-refractivity contribution in [2.24, 2.45) is 11.3 Å². The summed E-state index contributed by atoms with van der Waals surface area (Å²) in [5.41, 5.74) is 1.76. The highest BCUT2D eigenvalue weighted by Gasteiger charge is 2.31. The van der Waals surface area contributed by atoms with Crippen LogP contribution >= 0.6 is 15.9 Å². The van der Waals surface area contributed by atoms with Crippen LogP contribution in [0.15, 0.2) is 28.7 Å². The summed E-state index contributed by atoms with van der Waals surface area (Å²) in [5, 5.41) is 3.55. The third-order valence-electron chi connectivity index (χ3n) is 4.45. The number of nitrogens with one attached hydrogen (secondary N) is 1. The number of rotatable bonds is 5. The van der Waals surface area contributed by atoms with E-state index in [1.165, 1.54) is 31.5 Å². The van der Waals surface area contributed by atoms with Crippen LogP contribution in [0.1, 0.15) is 32.3 Å². The molecule has 1 aliphatic heterocycles. The van der Waals surface area contributed by atoms with E-state index in [-0.39, 0.29) is 0 Å². The Morgan fingerprint density at radius 3 is 2.60 bits per heavy atom. The van der Waals surface area contributed by atoms with E-state index in [1.54, 1.807) is 0 Å². The van der Waals surface area contributed by atoms with Crippen molar-refractivity contribution in [2.75, 3.05) is 26.7 Å². The minimum atomic E-state index is 0.373. The molecule has 1 N–H and O–H groups in total. The van der Waals surface area contributed by atoms with Crippen LogP contribution in [0.2, 0.25) is 0 Å². The lowest BCUT2D eigenvalue weighted by atomic mass is 9.74. The van der Waals surface area contributed by atoms with Gasteiger partial charge in [0.25, 0.3) is 0 Å². The average molecular weight is 339 g/mol. The molecule has 1 unspecified atom stereocenters. The maximum atomic E-state index is 3.55. The Hall–Kier alpha value is -0.380. The molecule has 1 aliphatic rings. The Morgan fingerprint density at radius 2 is 2.00 bits per heavy atom. The van der Waals surface area contributed by atoms with Crippen molar-refractivity contribution in [3.05, 3.63) is 34.3 Å². The maximum absolute atomic E-state index is 3.55. The molecule has 2 rings (SSSR count). The summed E-state index contributed by atoms with van der Waals surface area (Å²) in [6.45, 7) is 9.39. The van der Waals surface area contributed by atoms with E-state index in [0.29, 0.717) is 5.41 Å². The third kappa shape index (κ3) is 4.57. The molecule has 3 heteroatoms. The molecule has 1 heterocycles. The summed E-state index contributed by atoms with van der Waals surface area (Å²) in [7, 11) is 2.24. The van der Waals surface area contributed by atoms with Gasteiger partial charge in [0.2, 0.25) is 0 Å². The van der Waals surface area contributed by atoms with Gasteiger partial charge in [0.05, 0.1) is 0 Å². The van der Waals surface area contributed by atoms with Gasteiger partial charge in [0.15, 0.2) is 0 Å². The van der Waals surface area contributed by atoms with E-state index in [9.17, 15) is 0 Å². The van der Waals surface area contributed by atoms with Crippen LogP contribution in [0, 0.1) is 11.3 Å². The standard InChI is InChI=1S/C17H27BrN2/c1-17(2,15-5-4-10-19-11-15)13-20(3)12-14-6-8-16(18)9-7-14/h6-9,15,19H,4-5,10-13H2,1-3H3. The first-order valence-corrected chi connectivity index (χ1v) is 8.40. The predicted molar refractivity (Wildman–Crippen MR) is 89.9 cm³/mol. The summed E-state index contributed by atoms with van der Waals surface area (Å²) >= 11 is 3.49. The highest BCUT2D eigenvalue weighted by atomic mass is 79.9. The second-order valence-electron chi connectivity index (χ2n) is 6.83. The lowest BCUT2D eigenvalue weighted by Crippen LogP contribution is -2.43. The molecule has 0 saturated carbocycles. The van der Waals surface area contributed by atoms with Gasteiger partial charge in [-0.25, -0.2) is 0 Å². The van der Waals surface area contributed by atoms with Crippen LogP contribution < -0.4 is 5.32 Å². The van der Waals surface area contributed by atoms with Gasteiger partial charge in [-0.2, -0.15) is 0 Å². The topological polar surface area (TPSA) is 15.3 Å². The average Bonchev–Trinajstić information content (AvgIpc) is 2.42. The molecule has 1 saturated heterocycles. The van der Waals surface area contributed by atoms with Gasteiger partial charge in [0, 0.05) is 17.6 Å². The fourth-order valence-electron chi connectivity index (χ4n) is 3.30. The normalized spacial score (nSPS) is 20.4. The van der Waals surface area contributed by atoms with Crippen LogP contribution in [0.4, 0.5) is 0 Å². The van der Waals surface area contributed by atoms with Crippen LogP contribution in [0.3, 0.4) is 0 Å². The Kier molecular flexibility index (Phi) is 5.65. The Labute approximate surface area is 132 Å². The zero-order valence-electron chi connectivity index (χ0n) is 13.0. The van der Waals surface area contributed by atoms with Crippen LogP contribution in [-0.4, -0.2) is 31.6 Å². The fraction of sp³-hybridized carbons (Fsp3) is 0.647. The molecule has 20 heavy (non-hydrogen) atoms. The number of hydrogen-bond donors (Lipinski definition) is 1. The number of piperidine rings is 1. The Morgan fingerprint density at radius 1 is 1.30 bits per heavy atom. The molecule has 0 aliphatic carbocycles. The molecule has 2 nitrogen and oxygen atoms in total. The van der Waals surface area contributed by atoms with E-state index >= 15 is 0 Å². The molecule has 0 spiro atoms. The quantitative estimate of drug-likeness (QED) is 0.875. The molecule has 1 aromatic rings. The van der Waals surface area contributed by atoms with E-state index in [0.717, 1.165) is 23.5 Å². The van der Waals surface area contributed by atoms with Gasteiger partial charge in [-0.3, -0.25) is 0 Å². The van der Waals surface area contributed by atoms with Crippen molar-refractivity contribution < 1.29 is 0 Å². The summed E-state index contributed by atoms with van der Waals surface area (Å²) in [6.07, 6.45) is 2.69. The van der Waals surface area contributed by atoms with Crippen molar-refractivity contribution >= 4 is 15.9 Å². The molecule has 0 bridgehead atoms. The van der Waals surface area contributed by atoms with E-state index in [4.69, 9.17) is 0 Å². The van der Waals surface area contributed by atoms with E-state index in [2.05, 4.69) is 71.3 Å². The monoisotopic (exact) mass is 338 g/mol. The van der Waals surface area contributed by atoms with Crippen molar-refractivity contribution in [1.29, 1.82) is 0 Å². The van der Waals surface area contributed by atoms with Gasteiger partial charge >= 0.3 is 0 Å². The van der Waals surface area contributed by atoms with E-state index in [1.807, 2.05) is 0 Å². The van der Waals surface area contributed by atoms with Crippen LogP contribution in [0.5, 0.6) is 0 Å². The summed E-state index contributed by atoms with van der Waals surface area (Å²) in [5.74, 6) is 0.795. The second kappa shape index (κ2) is 7.06. The molecule has 0 amide bonds. The molecule has 112 valence electrons. The van der Waals surface area contributed by atoms with Gasteiger partial charge < -0.3 is 10.2 Å². The third-order valence-corrected chi connectivity index (χ3v) is 4.97. The number of nitrogens with zero attached hydrogens (tertiary/aromatic N) is 1. The van der Waals surface area contributed by atoms with Crippen LogP contribution in [0.25, 0.3) is 0 Å². The number of benzene rings is 1. The maximum Gasteiger partial charge on any atom is 0.0230 e. The Balaban J connectivity index is 1.89. The fourth-order valence-corrected chi connectivity index (χ4v) is 3.57. The predicted octanol–water partition coefficient (Wildman–Crippen LogP) is 3.91. The summed E-state index contributed by atoms with van der Waals surface area (Å²) < 4.78 is 1.15. The molecule has 1 aromatic carbocycles. The first kappa shape index (κ1) is 16.0. The van der Waals surface area contributed by atoms with E-state index < -0.39 is 0 Å². The zero-order chi connectivity index (χ0) is 14.6. The molecular weight excluding hydrogens is 312 g/mol. The first-order chi connectivity index (χ1) is 9.47. The lowest BCUT2D eigenvalue weighted by Gasteiger charge is -2.40. The van der Waals surface area contributed by atoms with Crippen molar-refractivity contribution in [3.8, 4) is 0 Å². The number of halogens is 1. The largest absolute Gasteiger partial charge is 0.316 e. The Bertz CT molecular complexity index is 408. The van der Waals surface area contributed by atoms with Crippen molar-refractivity contribution in [3.63, 3.8) is 0 Å². The minimum absolute atomic E-state index is 0.373. The second-order valence-corrected chi connectivity index (χ2v) is 7.75. The number of hydrogen-bond acceptors (Lipinski definition) is 2. The SMILES string of the molecule is CN(Cc1ccc(Br)cc1)CC(C)(C)C1CCCNC1. The van der Waals surface area contributed by atoms with Gasteiger partial charge in [0.1, 0.15) is 0 Å². The molecule has 1 atom stereocenters. The zero-order valence-corrected chi connectivity index (χ0v) is 14.5. The van der Waals surface area contributed by atoms with Gasteiger partial charge in [-0.05, 0) is 62.0 Å². The van der Waals surface area contributed by atoms with Crippen molar-refractivity contribution in [1.82, 2.24) is 10.2 Å². The minimum Gasteiger partial charge on any atom is -0.316 e. The summed E-state index contributed by atoms with van der Waals surface area (Å²) in [6, 6.07) is 8.66. The van der Waals surface area contributed by atoms with Crippen molar-refractivity contribution in [2.45, 2.75) is 33.2 Å². The molecule has 1 fully saturated rings. The smallest absolute Gasteiger partial charge is 0.0230 e. The molecule has 0 aromatic heterocycles. The van der Waals surface area contributed by atoms with Crippen LogP contribution in [-0.2, 0) is 6.54 Å². The first-order valence-electron chi connectivity index (χ1n) is 7.61.